The summed E-state index contributed by atoms with van der Waals surface area (Å²) >= 11 is 0. The molecule has 1 saturated carbocycles. The van der Waals surface area contributed by atoms with Crippen LogP contribution in [-0.4, -0.2) is 27.1 Å². The van der Waals surface area contributed by atoms with E-state index in [1.54, 1.807) is 4.68 Å². The highest BCUT2D eigenvalue weighted by molar-refractivity contribution is 5.10. The molecule has 1 aliphatic rings. The van der Waals surface area contributed by atoms with Crippen LogP contribution in [0.4, 0.5) is 0 Å². The molecule has 102 valence electrons. The van der Waals surface area contributed by atoms with Crippen LogP contribution in [0.15, 0.2) is 12.3 Å². The highest BCUT2D eigenvalue weighted by Gasteiger charge is 2.43. The van der Waals surface area contributed by atoms with Crippen molar-refractivity contribution in [2.24, 2.45) is 13.0 Å². The minimum Gasteiger partial charge on any atom is -0.384 e. The van der Waals surface area contributed by atoms with Crippen LogP contribution in [0.5, 0.6) is 0 Å². The van der Waals surface area contributed by atoms with Gasteiger partial charge < -0.3 is 9.84 Å². The molecule has 4 heteroatoms. The first kappa shape index (κ1) is 13.6. The van der Waals surface area contributed by atoms with E-state index < -0.39 is 11.7 Å². The number of hydrogen-bond acceptors (Lipinski definition) is 3. The standard InChI is InChI=1S/C14H24N2O2/c1-4-18-14(8-5-6-11(2)10-14)13(17)12-7-9-16(3)15-12/h7,9,11,13,17H,4-6,8,10H2,1-3H3. The third-order valence-electron chi connectivity index (χ3n) is 3.94. The quantitative estimate of drug-likeness (QED) is 0.895. The molecule has 1 aromatic rings. The fourth-order valence-corrected chi connectivity index (χ4v) is 3.14. The smallest absolute Gasteiger partial charge is 0.127 e. The molecule has 2 rings (SSSR count). The van der Waals surface area contributed by atoms with Crippen LogP contribution in [0.1, 0.15) is 51.3 Å². The van der Waals surface area contributed by atoms with Crippen molar-refractivity contribution in [1.29, 1.82) is 0 Å². The molecule has 1 N–H and O–H groups in total. The van der Waals surface area contributed by atoms with Gasteiger partial charge in [0.15, 0.2) is 0 Å². The van der Waals surface area contributed by atoms with E-state index in [1.165, 1.54) is 6.42 Å². The Morgan fingerprint density at radius 3 is 3.00 bits per heavy atom. The van der Waals surface area contributed by atoms with E-state index in [9.17, 15) is 5.11 Å². The van der Waals surface area contributed by atoms with Crippen molar-refractivity contribution < 1.29 is 9.84 Å². The molecule has 18 heavy (non-hydrogen) atoms. The Morgan fingerprint density at radius 1 is 1.67 bits per heavy atom. The molecule has 0 aliphatic heterocycles. The van der Waals surface area contributed by atoms with Crippen LogP contribution < -0.4 is 0 Å². The van der Waals surface area contributed by atoms with Gasteiger partial charge in [-0.05, 0) is 31.7 Å². The van der Waals surface area contributed by atoms with Crippen molar-refractivity contribution in [1.82, 2.24) is 9.78 Å². The molecule has 1 fully saturated rings. The zero-order valence-corrected chi connectivity index (χ0v) is 11.6. The maximum atomic E-state index is 10.7. The topological polar surface area (TPSA) is 47.3 Å². The summed E-state index contributed by atoms with van der Waals surface area (Å²) in [5, 5.41) is 15.0. The normalized spacial score (nSPS) is 30.3. The molecular formula is C14H24N2O2. The van der Waals surface area contributed by atoms with Crippen molar-refractivity contribution in [3.05, 3.63) is 18.0 Å². The average molecular weight is 252 g/mol. The molecule has 0 saturated heterocycles. The van der Waals surface area contributed by atoms with Crippen LogP contribution in [0.25, 0.3) is 0 Å². The number of aromatic nitrogens is 2. The summed E-state index contributed by atoms with van der Waals surface area (Å²) in [5.41, 5.74) is 0.279. The molecular weight excluding hydrogens is 228 g/mol. The molecule has 1 aromatic heterocycles. The summed E-state index contributed by atoms with van der Waals surface area (Å²) in [7, 11) is 1.87. The Kier molecular flexibility index (Phi) is 4.07. The second kappa shape index (κ2) is 5.41. The van der Waals surface area contributed by atoms with Crippen molar-refractivity contribution in [3.8, 4) is 0 Å². The Hall–Kier alpha value is -0.870. The van der Waals surface area contributed by atoms with Gasteiger partial charge in [-0.2, -0.15) is 5.10 Å². The molecule has 0 spiro atoms. The van der Waals surface area contributed by atoms with Gasteiger partial charge >= 0.3 is 0 Å². The van der Waals surface area contributed by atoms with Crippen LogP contribution in [0, 0.1) is 5.92 Å². The third kappa shape index (κ3) is 2.59. The number of aliphatic hydroxyl groups excluding tert-OH is 1. The number of rotatable bonds is 4. The Bertz CT molecular complexity index is 387. The lowest BCUT2D eigenvalue weighted by Crippen LogP contribution is -2.43. The molecule has 0 amide bonds. The SMILES string of the molecule is CCOC1(C(O)c2ccn(C)n2)CCCC(C)C1. The Morgan fingerprint density at radius 2 is 2.44 bits per heavy atom. The summed E-state index contributed by atoms with van der Waals surface area (Å²) in [4.78, 5) is 0. The molecule has 1 aliphatic carbocycles. The third-order valence-corrected chi connectivity index (χ3v) is 3.94. The fourth-order valence-electron chi connectivity index (χ4n) is 3.14. The number of ether oxygens (including phenoxy) is 1. The molecule has 0 radical (unpaired) electrons. The Balaban J connectivity index is 2.23. The van der Waals surface area contributed by atoms with Gasteiger partial charge in [-0.3, -0.25) is 4.68 Å². The fraction of sp³-hybridized carbons (Fsp3) is 0.786. The van der Waals surface area contributed by atoms with Gasteiger partial charge in [-0.15, -0.1) is 0 Å². The van der Waals surface area contributed by atoms with Crippen molar-refractivity contribution in [2.75, 3.05) is 6.61 Å². The molecule has 1 heterocycles. The van der Waals surface area contributed by atoms with E-state index in [0.717, 1.165) is 25.0 Å². The van der Waals surface area contributed by atoms with Crippen molar-refractivity contribution >= 4 is 0 Å². The second-order valence-corrected chi connectivity index (χ2v) is 5.52. The zero-order chi connectivity index (χ0) is 13.2. The second-order valence-electron chi connectivity index (χ2n) is 5.52. The number of aryl methyl sites for hydroxylation is 1. The lowest BCUT2D eigenvalue weighted by molar-refractivity contribution is -0.151. The van der Waals surface area contributed by atoms with Gasteiger partial charge in [0.05, 0.1) is 11.3 Å². The van der Waals surface area contributed by atoms with Gasteiger partial charge in [0, 0.05) is 19.9 Å². The van der Waals surface area contributed by atoms with Gasteiger partial charge in [0.1, 0.15) is 6.10 Å². The van der Waals surface area contributed by atoms with E-state index in [4.69, 9.17) is 4.74 Å². The lowest BCUT2D eigenvalue weighted by atomic mass is 9.75. The van der Waals surface area contributed by atoms with Crippen molar-refractivity contribution in [3.63, 3.8) is 0 Å². The first-order chi connectivity index (χ1) is 8.57. The van der Waals surface area contributed by atoms with Crippen LogP contribution in [0.2, 0.25) is 0 Å². The number of nitrogens with zero attached hydrogens (tertiary/aromatic N) is 2. The van der Waals surface area contributed by atoms with Crippen LogP contribution in [-0.2, 0) is 11.8 Å². The van der Waals surface area contributed by atoms with E-state index in [0.29, 0.717) is 12.5 Å². The van der Waals surface area contributed by atoms with E-state index in [1.807, 2.05) is 26.2 Å². The molecule has 3 unspecified atom stereocenters. The van der Waals surface area contributed by atoms with Gasteiger partial charge in [0.2, 0.25) is 0 Å². The zero-order valence-electron chi connectivity index (χ0n) is 11.6. The predicted octanol–water partition coefficient (Wildman–Crippen LogP) is 2.44. The average Bonchev–Trinajstić information content (AvgIpc) is 2.75. The maximum absolute atomic E-state index is 10.7. The first-order valence-electron chi connectivity index (χ1n) is 6.89. The highest BCUT2D eigenvalue weighted by Crippen LogP contribution is 2.43. The minimum atomic E-state index is -0.624. The number of aliphatic hydroxyl groups is 1. The van der Waals surface area contributed by atoms with Gasteiger partial charge in [-0.1, -0.05) is 19.8 Å². The van der Waals surface area contributed by atoms with Gasteiger partial charge in [0.25, 0.3) is 0 Å². The molecule has 4 nitrogen and oxygen atoms in total. The molecule has 0 bridgehead atoms. The molecule has 0 aromatic carbocycles. The van der Waals surface area contributed by atoms with E-state index >= 15 is 0 Å². The predicted molar refractivity (Wildman–Crippen MR) is 70.2 cm³/mol. The summed E-state index contributed by atoms with van der Waals surface area (Å²) in [5.74, 6) is 0.601. The summed E-state index contributed by atoms with van der Waals surface area (Å²) in [6.07, 6.45) is 5.42. The highest BCUT2D eigenvalue weighted by atomic mass is 16.5. The van der Waals surface area contributed by atoms with E-state index in [2.05, 4.69) is 12.0 Å². The lowest BCUT2D eigenvalue weighted by Gasteiger charge is -2.42. The Labute approximate surface area is 109 Å². The molecule has 3 atom stereocenters. The monoisotopic (exact) mass is 252 g/mol. The summed E-state index contributed by atoms with van der Waals surface area (Å²) in [6, 6.07) is 1.88. The van der Waals surface area contributed by atoms with Crippen molar-refractivity contribution in [2.45, 2.75) is 51.2 Å². The summed E-state index contributed by atoms with van der Waals surface area (Å²) < 4.78 is 7.69. The van der Waals surface area contributed by atoms with Crippen LogP contribution >= 0.6 is 0 Å². The summed E-state index contributed by atoms with van der Waals surface area (Å²) in [6.45, 7) is 4.86. The van der Waals surface area contributed by atoms with E-state index in [-0.39, 0.29) is 0 Å². The number of hydrogen-bond donors (Lipinski definition) is 1. The van der Waals surface area contributed by atoms with Crippen LogP contribution in [0.3, 0.4) is 0 Å². The minimum absolute atomic E-state index is 0.444. The first-order valence-corrected chi connectivity index (χ1v) is 6.89. The largest absolute Gasteiger partial charge is 0.384 e. The van der Waals surface area contributed by atoms with Gasteiger partial charge in [-0.25, -0.2) is 0 Å². The maximum Gasteiger partial charge on any atom is 0.127 e.